The molecule has 0 aliphatic heterocycles. The predicted octanol–water partition coefficient (Wildman–Crippen LogP) is 2.78. The summed E-state index contributed by atoms with van der Waals surface area (Å²) in [5.41, 5.74) is -0.0727. The molecular weight excluding hydrogens is 300 g/mol. The maximum Gasteiger partial charge on any atom is 0.335 e. The first-order chi connectivity index (χ1) is 10.9. The molecule has 1 amide bonds. The number of nitrogens with zero attached hydrogens (tertiary/aromatic N) is 1. The fourth-order valence-electron chi connectivity index (χ4n) is 2.11. The van der Waals surface area contributed by atoms with Gasteiger partial charge in [-0.3, -0.25) is 14.9 Å². The van der Waals surface area contributed by atoms with Crippen LogP contribution in [0.4, 0.5) is 5.69 Å². The average molecular weight is 314 g/mol. The van der Waals surface area contributed by atoms with Crippen molar-refractivity contribution in [3.63, 3.8) is 0 Å². The number of hydrogen-bond acceptors (Lipinski definition) is 4. The molecular formula is C16H14N2O5. The average Bonchev–Trinajstić information content (AvgIpc) is 2.54. The summed E-state index contributed by atoms with van der Waals surface area (Å²) >= 11 is 0. The third-order valence-corrected chi connectivity index (χ3v) is 3.33. The van der Waals surface area contributed by atoms with Crippen LogP contribution in [0.1, 0.15) is 39.2 Å². The second-order valence-corrected chi connectivity index (χ2v) is 4.90. The molecule has 118 valence electrons. The van der Waals surface area contributed by atoms with Gasteiger partial charge >= 0.3 is 5.97 Å². The van der Waals surface area contributed by atoms with Gasteiger partial charge in [-0.15, -0.1) is 0 Å². The smallest absolute Gasteiger partial charge is 0.335 e. The number of benzene rings is 2. The van der Waals surface area contributed by atoms with Gasteiger partial charge in [0.05, 0.1) is 16.5 Å². The highest BCUT2D eigenvalue weighted by atomic mass is 16.6. The number of nitro groups is 1. The van der Waals surface area contributed by atoms with E-state index in [0.717, 1.165) is 23.8 Å². The molecule has 2 aromatic carbocycles. The van der Waals surface area contributed by atoms with Gasteiger partial charge < -0.3 is 10.4 Å². The molecule has 2 rings (SSSR count). The zero-order chi connectivity index (χ0) is 17.0. The lowest BCUT2D eigenvalue weighted by Gasteiger charge is -2.14. The Bertz CT molecular complexity index is 758. The Balaban J connectivity index is 2.32. The van der Waals surface area contributed by atoms with E-state index in [-0.39, 0.29) is 17.2 Å². The van der Waals surface area contributed by atoms with Crippen LogP contribution >= 0.6 is 0 Å². The topological polar surface area (TPSA) is 110 Å². The Kier molecular flexibility index (Phi) is 4.70. The molecule has 0 spiro atoms. The molecule has 2 aromatic rings. The van der Waals surface area contributed by atoms with Crippen molar-refractivity contribution in [3.05, 3.63) is 75.3 Å². The van der Waals surface area contributed by atoms with E-state index < -0.39 is 22.5 Å². The number of aromatic carboxylic acids is 1. The van der Waals surface area contributed by atoms with Gasteiger partial charge in [-0.1, -0.05) is 30.3 Å². The van der Waals surface area contributed by atoms with E-state index in [1.807, 2.05) is 30.3 Å². The molecule has 0 aliphatic carbocycles. The van der Waals surface area contributed by atoms with E-state index in [2.05, 4.69) is 5.32 Å². The van der Waals surface area contributed by atoms with Crippen LogP contribution < -0.4 is 5.32 Å². The molecule has 0 unspecified atom stereocenters. The van der Waals surface area contributed by atoms with E-state index in [9.17, 15) is 19.7 Å². The summed E-state index contributed by atoms with van der Waals surface area (Å²) in [6, 6.07) is 11.8. The summed E-state index contributed by atoms with van der Waals surface area (Å²) in [6.07, 6.45) is 0. The fourth-order valence-corrected chi connectivity index (χ4v) is 2.11. The Hall–Kier alpha value is -3.22. The van der Waals surface area contributed by atoms with E-state index in [1.54, 1.807) is 6.92 Å². The lowest BCUT2D eigenvalue weighted by Crippen LogP contribution is -2.27. The molecule has 1 atom stereocenters. The van der Waals surface area contributed by atoms with Gasteiger partial charge in [0.25, 0.3) is 11.6 Å². The van der Waals surface area contributed by atoms with Crippen molar-refractivity contribution in [2.75, 3.05) is 0 Å². The van der Waals surface area contributed by atoms with Gasteiger partial charge in [-0.05, 0) is 24.6 Å². The first-order valence-electron chi connectivity index (χ1n) is 6.77. The number of carbonyl (C=O) groups is 2. The molecule has 0 bridgehead atoms. The van der Waals surface area contributed by atoms with Crippen LogP contribution in [-0.4, -0.2) is 21.9 Å². The first kappa shape index (κ1) is 16.2. The van der Waals surface area contributed by atoms with Crippen LogP contribution in [0, 0.1) is 10.1 Å². The SMILES string of the molecule is C[C@@H](NC(=O)c1cc(C(=O)O)ccc1[N+](=O)[O-])c1ccccc1. The van der Waals surface area contributed by atoms with Crippen molar-refractivity contribution in [2.45, 2.75) is 13.0 Å². The van der Waals surface area contributed by atoms with Gasteiger partial charge in [-0.2, -0.15) is 0 Å². The molecule has 7 heteroatoms. The lowest BCUT2D eigenvalue weighted by atomic mass is 10.1. The Morgan fingerprint density at radius 3 is 2.39 bits per heavy atom. The van der Waals surface area contributed by atoms with Crippen molar-refractivity contribution >= 4 is 17.6 Å². The number of carboxylic acid groups (broad SMARTS) is 1. The number of nitrogens with one attached hydrogen (secondary N) is 1. The Labute approximate surface area is 131 Å². The van der Waals surface area contributed by atoms with Crippen LogP contribution in [0.15, 0.2) is 48.5 Å². The molecule has 2 N–H and O–H groups in total. The first-order valence-corrected chi connectivity index (χ1v) is 6.77. The van der Waals surface area contributed by atoms with Gasteiger partial charge in [0.1, 0.15) is 5.56 Å². The minimum atomic E-state index is -1.26. The minimum absolute atomic E-state index is 0.187. The zero-order valence-corrected chi connectivity index (χ0v) is 12.2. The van der Waals surface area contributed by atoms with Gasteiger partial charge in [0, 0.05) is 6.07 Å². The number of carboxylic acids is 1. The van der Waals surface area contributed by atoms with Gasteiger partial charge in [-0.25, -0.2) is 4.79 Å². The third-order valence-electron chi connectivity index (χ3n) is 3.33. The molecule has 0 saturated carbocycles. The van der Waals surface area contributed by atoms with Crippen molar-refractivity contribution in [3.8, 4) is 0 Å². The van der Waals surface area contributed by atoms with Crippen molar-refractivity contribution < 1.29 is 19.6 Å². The monoisotopic (exact) mass is 314 g/mol. The zero-order valence-electron chi connectivity index (χ0n) is 12.2. The highest BCUT2D eigenvalue weighted by Crippen LogP contribution is 2.21. The Morgan fingerprint density at radius 1 is 1.17 bits per heavy atom. The van der Waals surface area contributed by atoms with Crippen LogP contribution in [0.3, 0.4) is 0 Å². The summed E-state index contributed by atoms with van der Waals surface area (Å²) < 4.78 is 0. The van der Waals surface area contributed by atoms with Crippen molar-refractivity contribution in [1.82, 2.24) is 5.32 Å². The predicted molar refractivity (Wildman–Crippen MR) is 82.4 cm³/mol. The van der Waals surface area contributed by atoms with Gasteiger partial charge in [0.15, 0.2) is 0 Å². The summed E-state index contributed by atoms with van der Waals surface area (Å²) in [5.74, 6) is -1.96. The van der Waals surface area contributed by atoms with Crippen LogP contribution in [-0.2, 0) is 0 Å². The number of hydrogen-bond donors (Lipinski definition) is 2. The highest BCUT2D eigenvalue weighted by Gasteiger charge is 2.23. The summed E-state index contributed by atoms with van der Waals surface area (Å²) in [6.45, 7) is 1.74. The molecule has 0 aromatic heterocycles. The van der Waals surface area contributed by atoms with E-state index in [0.29, 0.717) is 0 Å². The summed E-state index contributed by atoms with van der Waals surface area (Å²) in [5, 5.41) is 22.7. The Morgan fingerprint density at radius 2 is 1.83 bits per heavy atom. The summed E-state index contributed by atoms with van der Waals surface area (Å²) in [4.78, 5) is 33.6. The maximum absolute atomic E-state index is 12.3. The number of rotatable bonds is 5. The molecule has 0 saturated heterocycles. The van der Waals surface area contributed by atoms with Crippen LogP contribution in [0.2, 0.25) is 0 Å². The lowest BCUT2D eigenvalue weighted by molar-refractivity contribution is -0.385. The van der Waals surface area contributed by atoms with Crippen molar-refractivity contribution in [2.24, 2.45) is 0 Å². The van der Waals surface area contributed by atoms with Crippen LogP contribution in [0.25, 0.3) is 0 Å². The molecule has 0 fully saturated rings. The van der Waals surface area contributed by atoms with E-state index >= 15 is 0 Å². The van der Waals surface area contributed by atoms with Crippen molar-refractivity contribution in [1.29, 1.82) is 0 Å². The molecule has 23 heavy (non-hydrogen) atoms. The normalized spacial score (nSPS) is 11.5. The number of carbonyl (C=O) groups excluding carboxylic acids is 1. The fraction of sp³-hybridized carbons (Fsp3) is 0.125. The van der Waals surface area contributed by atoms with Crippen LogP contribution in [0.5, 0.6) is 0 Å². The molecule has 7 nitrogen and oxygen atoms in total. The van der Waals surface area contributed by atoms with E-state index in [4.69, 9.17) is 5.11 Å². The van der Waals surface area contributed by atoms with Gasteiger partial charge in [0.2, 0.25) is 0 Å². The third kappa shape index (κ3) is 3.70. The van der Waals surface area contributed by atoms with E-state index in [1.165, 1.54) is 0 Å². The quantitative estimate of drug-likeness (QED) is 0.651. The maximum atomic E-state index is 12.3. The largest absolute Gasteiger partial charge is 0.478 e. The highest BCUT2D eigenvalue weighted by molar-refractivity contribution is 6.01. The summed E-state index contributed by atoms with van der Waals surface area (Å²) in [7, 11) is 0. The minimum Gasteiger partial charge on any atom is -0.478 e. The molecule has 0 aliphatic rings. The number of amides is 1. The standard InChI is InChI=1S/C16H14N2O5/c1-10(11-5-3-2-4-6-11)17-15(19)13-9-12(16(20)21)7-8-14(13)18(22)23/h2-10H,1H3,(H,17,19)(H,20,21)/t10-/m1/s1. The number of nitro benzene ring substituents is 1. The second kappa shape index (κ2) is 6.69. The molecule has 0 heterocycles. The second-order valence-electron chi connectivity index (χ2n) is 4.90. The molecule has 0 radical (unpaired) electrons.